The van der Waals surface area contributed by atoms with Crippen molar-refractivity contribution in [3.63, 3.8) is 0 Å². The number of benzene rings is 3. The minimum Gasteiger partial charge on any atom is -0.362 e. The van der Waals surface area contributed by atoms with Gasteiger partial charge in [0.2, 0.25) is 11.6 Å². The van der Waals surface area contributed by atoms with Crippen LogP contribution in [0.3, 0.4) is 0 Å². The van der Waals surface area contributed by atoms with Gasteiger partial charge < -0.3 is 5.32 Å². The molecular weight excluding hydrogens is 342 g/mol. The van der Waals surface area contributed by atoms with Crippen LogP contribution in [0.4, 0.5) is 5.69 Å². The summed E-state index contributed by atoms with van der Waals surface area (Å²) in [7, 11) is 0. The number of fused-ring (bicyclic) bond motifs is 1. The van der Waals surface area contributed by atoms with E-state index in [4.69, 9.17) is 0 Å². The highest BCUT2D eigenvalue weighted by molar-refractivity contribution is 7.98. The Balaban J connectivity index is 1.90. The van der Waals surface area contributed by atoms with Gasteiger partial charge >= 0.3 is 0 Å². The van der Waals surface area contributed by atoms with Crippen molar-refractivity contribution in [3.05, 3.63) is 95.6 Å². The molecule has 0 radical (unpaired) electrons. The molecule has 1 aliphatic carbocycles. The van der Waals surface area contributed by atoms with Crippen molar-refractivity contribution in [1.82, 2.24) is 0 Å². The molecule has 0 saturated heterocycles. The summed E-state index contributed by atoms with van der Waals surface area (Å²) in [6.07, 6.45) is 1.99. The quantitative estimate of drug-likeness (QED) is 0.537. The lowest BCUT2D eigenvalue weighted by molar-refractivity contribution is 0.0819. The topological polar surface area (TPSA) is 46.2 Å². The largest absolute Gasteiger partial charge is 0.362 e. The van der Waals surface area contributed by atoms with E-state index < -0.39 is 5.54 Å². The first-order valence-corrected chi connectivity index (χ1v) is 9.55. The Morgan fingerprint density at radius 2 is 1.38 bits per heavy atom. The molecule has 26 heavy (non-hydrogen) atoms. The number of nitrogens with one attached hydrogen (secondary N) is 1. The third-order valence-electron chi connectivity index (χ3n) is 4.71. The average Bonchev–Trinajstić information content (AvgIpc) is 2.92. The Bertz CT molecular complexity index is 963. The number of ketones is 2. The molecule has 0 saturated carbocycles. The third kappa shape index (κ3) is 2.45. The van der Waals surface area contributed by atoms with Gasteiger partial charge in [-0.25, -0.2) is 0 Å². The van der Waals surface area contributed by atoms with Crippen molar-refractivity contribution in [3.8, 4) is 0 Å². The number of hydrogen-bond donors (Lipinski definition) is 1. The zero-order valence-corrected chi connectivity index (χ0v) is 15.0. The predicted molar refractivity (Wildman–Crippen MR) is 105 cm³/mol. The lowest BCUT2D eigenvalue weighted by Crippen LogP contribution is -2.46. The number of rotatable bonds is 4. The van der Waals surface area contributed by atoms with E-state index in [0.717, 1.165) is 10.6 Å². The average molecular weight is 359 g/mol. The summed E-state index contributed by atoms with van der Waals surface area (Å²) in [5.74, 6) is -0.419. The maximum atomic E-state index is 13.4. The fraction of sp³-hybridized carbons (Fsp3) is 0.0909. The SMILES string of the molecule is CSc1cccc(NC2(c3ccccc3)C(=O)c3ccccc3C2=O)c1. The molecule has 4 heteroatoms. The van der Waals surface area contributed by atoms with Gasteiger partial charge in [0, 0.05) is 21.7 Å². The number of carbonyl (C=O) groups excluding carboxylic acids is 2. The first-order chi connectivity index (χ1) is 12.7. The van der Waals surface area contributed by atoms with E-state index in [-0.39, 0.29) is 11.6 Å². The van der Waals surface area contributed by atoms with Gasteiger partial charge in [0.1, 0.15) is 0 Å². The molecule has 0 spiro atoms. The van der Waals surface area contributed by atoms with E-state index in [9.17, 15) is 9.59 Å². The van der Waals surface area contributed by atoms with E-state index >= 15 is 0 Å². The smallest absolute Gasteiger partial charge is 0.201 e. The van der Waals surface area contributed by atoms with Crippen molar-refractivity contribution in [2.45, 2.75) is 10.4 Å². The number of carbonyl (C=O) groups is 2. The highest BCUT2D eigenvalue weighted by Crippen LogP contribution is 2.40. The van der Waals surface area contributed by atoms with Crippen molar-refractivity contribution in [2.75, 3.05) is 11.6 Å². The van der Waals surface area contributed by atoms with Gasteiger partial charge in [0.05, 0.1) is 0 Å². The summed E-state index contributed by atoms with van der Waals surface area (Å²) < 4.78 is 0. The molecule has 3 aromatic carbocycles. The van der Waals surface area contributed by atoms with Crippen LogP contribution >= 0.6 is 11.8 Å². The van der Waals surface area contributed by atoms with E-state index in [0.29, 0.717) is 16.7 Å². The Labute approximate surface area is 156 Å². The van der Waals surface area contributed by atoms with Gasteiger partial charge in [-0.15, -0.1) is 11.8 Å². The molecule has 0 aliphatic heterocycles. The minimum atomic E-state index is -1.43. The van der Waals surface area contributed by atoms with Crippen LogP contribution in [0.2, 0.25) is 0 Å². The molecule has 0 atom stereocenters. The van der Waals surface area contributed by atoms with Crippen LogP contribution in [-0.2, 0) is 5.54 Å². The predicted octanol–water partition coefficient (Wildman–Crippen LogP) is 4.80. The van der Waals surface area contributed by atoms with Crippen molar-refractivity contribution < 1.29 is 9.59 Å². The molecule has 0 fully saturated rings. The first-order valence-electron chi connectivity index (χ1n) is 8.33. The van der Waals surface area contributed by atoms with Gasteiger partial charge in [-0.3, -0.25) is 9.59 Å². The monoisotopic (exact) mass is 359 g/mol. The standard InChI is InChI=1S/C22H17NO2S/c1-26-17-11-7-10-16(14-17)23-22(15-8-3-2-4-9-15)20(24)18-12-5-6-13-19(18)21(22)25/h2-14,23H,1H3. The molecule has 0 unspecified atom stereocenters. The summed E-state index contributed by atoms with van der Waals surface area (Å²) in [5.41, 5.74) is 0.905. The van der Waals surface area contributed by atoms with Crippen LogP contribution in [0.1, 0.15) is 26.3 Å². The van der Waals surface area contributed by atoms with E-state index in [2.05, 4.69) is 5.32 Å². The molecule has 4 rings (SSSR count). The van der Waals surface area contributed by atoms with Gasteiger partial charge in [0.15, 0.2) is 5.54 Å². The Morgan fingerprint density at radius 3 is 2.00 bits per heavy atom. The minimum absolute atomic E-state index is 0.209. The molecule has 3 aromatic rings. The second-order valence-electron chi connectivity index (χ2n) is 6.18. The second kappa shape index (κ2) is 6.46. The number of anilines is 1. The normalized spacial score (nSPS) is 15.0. The zero-order valence-electron chi connectivity index (χ0n) is 14.2. The highest BCUT2D eigenvalue weighted by atomic mass is 32.2. The molecule has 1 aliphatic rings. The summed E-state index contributed by atoms with van der Waals surface area (Å²) in [5, 5.41) is 3.28. The third-order valence-corrected chi connectivity index (χ3v) is 5.43. The second-order valence-corrected chi connectivity index (χ2v) is 7.06. The Hall–Kier alpha value is -2.85. The number of thioether (sulfide) groups is 1. The zero-order chi connectivity index (χ0) is 18.1. The summed E-state index contributed by atoms with van der Waals surface area (Å²) in [6, 6.07) is 24.0. The Morgan fingerprint density at radius 1 is 0.769 bits per heavy atom. The molecule has 0 bridgehead atoms. The van der Waals surface area contributed by atoms with Crippen LogP contribution in [-0.4, -0.2) is 17.8 Å². The lowest BCUT2D eigenvalue weighted by atomic mass is 9.84. The van der Waals surface area contributed by atoms with Crippen LogP contribution < -0.4 is 5.32 Å². The van der Waals surface area contributed by atoms with Crippen LogP contribution in [0.25, 0.3) is 0 Å². The number of hydrogen-bond acceptors (Lipinski definition) is 4. The summed E-state index contributed by atoms with van der Waals surface area (Å²) in [6.45, 7) is 0. The van der Waals surface area contributed by atoms with Crippen molar-refractivity contribution in [1.29, 1.82) is 0 Å². The molecule has 1 N–H and O–H groups in total. The lowest BCUT2D eigenvalue weighted by Gasteiger charge is -2.29. The van der Waals surface area contributed by atoms with E-state index in [1.807, 2.05) is 60.9 Å². The molecule has 0 aromatic heterocycles. The fourth-order valence-corrected chi connectivity index (χ4v) is 3.90. The van der Waals surface area contributed by atoms with Gasteiger partial charge in [-0.05, 0) is 30.0 Å². The number of Topliss-reactive ketones (excluding diaryl/α,β-unsaturated/α-hetero) is 2. The maximum absolute atomic E-state index is 13.4. The van der Waals surface area contributed by atoms with Crippen LogP contribution in [0.5, 0.6) is 0 Å². The summed E-state index contributed by atoms with van der Waals surface area (Å²) in [4.78, 5) is 27.9. The van der Waals surface area contributed by atoms with E-state index in [1.165, 1.54) is 0 Å². The van der Waals surface area contributed by atoms with Crippen molar-refractivity contribution in [2.24, 2.45) is 0 Å². The highest BCUT2D eigenvalue weighted by Gasteiger charge is 2.54. The summed E-state index contributed by atoms with van der Waals surface area (Å²) >= 11 is 1.61. The van der Waals surface area contributed by atoms with Crippen molar-refractivity contribution >= 4 is 29.0 Å². The van der Waals surface area contributed by atoms with Gasteiger partial charge in [-0.1, -0.05) is 60.7 Å². The first kappa shape index (κ1) is 16.6. The molecule has 3 nitrogen and oxygen atoms in total. The molecule has 0 heterocycles. The molecule has 0 amide bonds. The molecule has 128 valence electrons. The maximum Gasteiger partial charge on any atom is 0.201 e. The Kier molecular flexibility index (Phi) is 4.13. The van der Waals surface area contributed by atoms with E-state index in [1.54, 1.807) is 36.0 Å². The molecular formula is C22H17NO2S. The fourth-order valence-electron chi connectivity index (χ4n) is 3.44. The van der Waals surface area contributed by atoms with Gasteiger partial charge in [0.25, 0.3) is 0 Å². The van der Waals surface area contributed by atoms with Crippen LogP contribution in [0.15, 0.2) is 83.8 Å². The van der Waals surface area contributed by atoms with Gasteiger partial charge in [-0.2, -0.15) is 0 Å². The van der Waals surface area contributed by atoms with Crippen LogP contribution in [0, 0.1) is 0 Å².